The van der Waals surface area contributed by atoms with E-state index >= 15 is 0 Å². The number of hydrogen-bond acceptors (Lipinski definition) is 5. The minimum Gasteiger partial charge on any atom is -0.456 e. The Morgan fingerprint density at radius 3 is 1.96 bits per heavy atom. The summed E-state index contributed by atoms with van der Waals surface area (Å²) in [6.07, 6.45) is 0. The van der Waals surface area contributed by atoms with Crippen LogP contribution in [0.25, 0.3) is 105 Å². The number of furan rings is 2. The molecule has 330 valence electrons. The molecule has 6 nitrogen and oxygen atoms in total. The molecule has 0 aliphatic carbocycles. The van der Waals surface area contributed by atoms with E-state index in [9.17, 15) is 0 Å². The number of rotatable bonds is 2. The van der Waals surface area contributed by atoms with Crippen molar-refractivity contribution >= 4 is 106 Å². The van der Waals surface area contributed by atoms with E-state index in [2.05, 4.69) is 193 Å². The predicted octanol–water partition coefficient (Wildman–Crippen LogP) is 15.5. The molecule has 14 rings (SSSR count). The SMILES string of the molecule is CC(C)(C)c1ccc(N2B3c4cc5nc(-c6ccccc6)oc5cc4-n4c5ccc(C(C)(C)C)cc5c5c6c(oc7ccccc76)c(c3c54)-c3cc4oc5cc(C(C)(C)C)ccc5c4cc32)cc1. The lowest BCUT2D eigenvalue weighted by atomic mass is 9.43. The number of fused-ring (bicyclic) bond motifs is 17. The number of oxazole rings is 1. The molecule has 6 heterocycles. The molecule has 8 aromatic carbocycles. The van der Waals surface area contributed by atoms with Crippen molar-refractivity contribution in [2.75, 3.05) is 4.81 Å². The number of benzene rings is 8. The minimum atomic E-state index is -0.281. The lowest BCUT2D eigenvalue weighted by Crippen LogP contribution is -2.60. The van der Waals surface area contributed by atoms with E-state index < -0.39 is 0 Å². The fourth-order valence-corrected chi connectivity index (χ4v) is 11.5. The van der Waals surface area contributed by atoms with Crippen molar-refractivity contribution in [3.63, 3.8) is 0 Å². The zero-order chi connectivity index (χ0) is 46.3. The highest BCUT2D eigenvalue weighted by atomic mass is 16.3. The monoisotopic (exact) mass is 883 g/mol. The van der Waals surface area contributed by atoms with Gasteiger partial charge < -0.3 is 22.6 Å². The fraction of sp³-hybridized carbons (Fsp3) is 0.197. The summed E-state index contributed by atoms with van der Waals surface area (Å²) in [7, 11) is 0. The summed E-state index contributed by atoms with van der Waals surface area (Å²) in [5, 5.41) is 6.83. The lowest BCUT2D eigenvalue weighted by molar-refractivity contribution is 0.587. The van der Waals surface area contributed by atoms with Crippen molar-refractivity contribution in [1.82, 2.24) is 9.55 Å². The molecule has 0 amide bonds. The van der Waals surface area contributed by atoms with E-state index in [1.165, 1.54) is 38.4 Å². The molecule has 0 atom stereocenters. The molecule has 0 unspecified atom stereocenters. The Bertz CT molecular complexity index is 4140. The van der Waals surface area contributed by atoms with Crippen molar-refractivity contribution < 1.29 is 13.3 Å². The maximum Gasteiger partial charge on any atom is 0.333 e. The summed E-state index contributed by atoms with van der Waals surface area (Å²) < 4.78 is 23.5. The molecule has 2 aliphatic heterocycles. The molecule has 0 fully saturated rings. The largest absolute Gasteiger partial charge is 0.456 e. The Morgan fingerprint density at radius 1 is 0.500 bits per heavy atom. The normalized spacial score (nSPS) is 13.9. The van der Waals surface area contributed by atoms with Crippen LogP contribution < -0.4 is 15.7 Å². The molecule has 0 spiro atoms. The van der Waals surface area contributed by atoms with Crippen molar-refractivity contribution in [1.29, 1.82) is 0 Å². The third-order valence-electron chi connectivity index (χ3n) is 15.1. The van der Waals surface area contributed by atoms with E-state index in [-0.39, 0.29) is 23.1 Å². The molecule has 68 heavy (non-hydrogen) atoms. The topological polar surface area (TPSA) is 60.5 Å². The molecule has 0 N–H and O–H groups in total. The maximum absolute atomic E-state index is 7.29. The first kappa shape index (κ1) is 39.6. The highest BCUT2D eigenvalue weighted by Crippen LogP contribution is 2.53. The van der Waals surface area contributed by atoms with E-state index in [1.807, 2.05) is 18.2 Å². The zero-order valence-corrected chi connectivity index (χ0v) is 39.9. The average Bonchev–Trinajstić information content (AvgIpc) is 4.09. The Balaban J connectivity index is 1.19. The number of anilines is 2. The van der Waals surface area contributed by atoms with Gasteiger partial charge in [-0.1, -0.05) is 129 Å². The van der Waals surface area contributed by atoms with Crippen LogP contribution in [0, 0.1) is 0 Å². The second-order valence-corrected chi connectivity index (χ2v) is 22.4. The summed E-state index contributed by atoms with van der Waals surface area (Å²) in [5.41, 5.74) is 19.8. The summed E-state index contributed by atoms with van der Waals surface area (Å²) in [6.45, 7) is 20.2. The second kappa shape index (κ2) is 13.1. The molecular formula is C61H50BN3O3. The highest BCUT2D eigenvalue weighted by molar-refractivity contribution is 6.94. The lowest BCUT2D eigenvalue weighted by Gasteiger charge is -2.42. The van der Waals surface area contributed by atoms with Crippen LogP contribution in [-0.2, 0) is 16.2 Å². The van der Waals surface area contributed by atoms with Gasteiger partial charge in [0.2, 0.25) is 5.89 Å². The van der Waals surface area contributed by atoms with Gasteiger partial charge in [-0.15, -0.1) is 0 Å². The third-order valence-corrected chi connectivity index (χ3v) is 15.1. The van der Waals surface area contributed by atoms with E-state index in [0.29, 0.717) is 5.89 Å². The molecule has 0 radical (unpaired) electrons. The predicted molar refractivity (Wildman–Crippen MR) is 283 cm³/mol. The summed E-state index contributed by atoms with van der Waals surface area (Å²) in [6, 6.07) is 51.1. The van der Waals surface area contributed by atoms with E-state index in [0.717, 1.165) is 99.7 Å². The first-order valence-electron chi connectivity index (χ1n) is 24.0. The van der Waals surface area contributed by atoms with Crippen molar-refractivity contribution in [2.24, 2.45) is 0 Å². The molecule has 12 aromatic rings. The van der Waals surface area contributed by atoms with Gasteiger partial charge in [0, 0.05) is 72.1 Å². The number of para-hydroxylation sites is 1. The van der Waals surface area contributed by atoms with Crippen molar-refractivity contribution in [3.05, 3.63) is 156 Å². The van der Waals surface area contributed by atoms with Crippen molar-refractivity contribution in [3.8, 4) is 28.3 Å². The zero-order valence-electron chi connectivity index (χ0n) is 39.9. The van der Waals surface area contributed by atoms with Gasteiger partial charge in [0.05, 0.1) is 11.0 Å². The average molecular weight is 884 g/mol. The van der Waals surface area contributed by atoms with Gasteiger partial charge in [-0.2, -0.15) is 0 Å². The van der Waals surface area contributed by atoms with E-state index in [4.69, 9.17) is 18.2 Å². The van der Waals surface area contributed by atoms with Crippen LogP contribution in [0.3, 0.4) is 0 Å². The number of nitrogens with zero attached hydrogens (tertiary/aromatic N) is 3. The Morgan fingerprint density at radius 2 is 1.19 bits per heavy atom. The summed E-state index contributed by atoms with van der Waals surface area (Å²) in [5.74, 6) is 0.606. The molecular weight excluding hydrogens is 834 g/mol. The van der Waals surface area contributed by atoms with Crippen LogP contribution in [-0.4, -0.2) is 16.4 Å². The van der Waals surface area contributed by atoms with Crippen molar-refractivity contribution in [2.45, 2.75) is 78.6 Å². The Labute approximate surface area is 394 Å². The van der Waals surface area contributed by atoms with Crippen LogP contribution in [0.5, 0.6) is 0 Å². The molecule has 2 aliphatic rings. The van der Waals surface area contributed by atoms with E-state index in [1.54, 1.807) is 0 Å². The molecule has 0 saturated carbocycles. The first-order chi connectivity index (χ1) is 32.6. The Kier molecular flexibility index (Phi) is 7.66. The summed E-state index contributed by atoms with van der Waals surface area (Å²) >= 11 is 0. The number of aromatic nitrogens is 2. The number of hydrogen-bond donors (Lipinski definition) is 0. The van der Waals surface area contributed by atoms with Gasteiger partial charge in [0.15, 0.2) is 5.58 Å². The smallest absolute Gasteiger partial charge is 0.333 e. The van der Waals surface area contributed by atoms with Gasteiger partial charge in [-0.05, 0) is 111 Å². The van der Waals surface area contributed by atoms with Crippen LogP contribution in [0.15, 0.2) is 153 Å². The first-order valence-corrected chi connectivity index (χ1v) is 24.0. The standard InChI is InChI=1S/C61H50BN3O3/c1-59(2,3)34-19-23-37(24-20-34)65-46-29-40-38-25-21-36(61(7,8)9)28-49(38)66-50(40)30-42(46)54-55-56-52(53-39-17-13-14-18-48(39)67-57(53)54)41-27-35(60(4,5)6)22-26-45(41)64(56)47-32-51-44(31-43(47)62(55)65)63-58(68-51)33-15-11-10-12-16-33/h10-32H,1-9H3. The molecule has 0 bridgehead atoms. The van der Waals surface area contributed by atoms with Crippen LogP contribution in [0.2, 0.25) is 0 Å². The third kappa shape index (κ3) is 5.38. The van der Waals surface area contributed by atoms with Gasteiger partial charge >= 0.3 is 6.85 Å². The van der Waals surface area contributed by atoms with Gasteiger partial charge in [-0.3, -0.25) is 0 Å². The molecule has 4 aromatic heterocycles. The van der Waals surface area contributed by atoms with Crippen LogP contribution in [0.1, 0.15) is 79.0 Å². The highest BCUT2D eigenvalue weighted by Gasteiger charge is 2.47. The molecule has 0 saturated heterocycles. The van der Waals surface area contributed by atoms with Gasteiger partial charge in [-0.25, -0.2) is 4.98 Å². The minimum absolute atomic E-state index is 0.0168. The van der Waals surface area contributed by atoms with Crippen LogP contribution >= 0.6 is 0 Å². The fourth-order valence-electron chi connectivity index (χ4n) is 11.5. The van der Waals surface area contributed by atoms with Gasteiger partial charge in [0.1, 0.15) is 27.8 Å². The summed E-state index contributed by atoms with van der Waals surface area (Å²) in [4.78, 5) is 7.81. The Hall–Kier alpha value is -7.51. The van der Waals surface area contributed by atoms with Crippen LogP contribution in [0.4, 0.5) is 11.4 Å². The van der Waals surface area contributed by atoms with Gasteiger partial charge in [0.25, 0.3) is 0 Å². The quantitative estimate of drug-likeness (QED) is 0.162. The maximum atomic E-state index is 7.29. The second-order valence-electron chi connectivity index (χ2n) is 22.4. The molecule has 7 heteroatoms.